The van der Waals surface area contributed by atoms with Crippen LogP contribution >= 0.6 is 0 Å². The van der Waals surface area contributed by atoms with Crippen LogP contribution in [0.4, 0.5) is 11.4 Å². The number of hydrogen-bond donors (Lipinski definition) is 2. The maximum atomic E-state index is 10.4. The van der Waals surface area contributed by atoms with Gasteiger partial charge >= 0.3 is 0 Å². The number of benzene rings is 2. The molecule has 0 aromatic heterocycles. The van der Waals surface area contributed by atoms with Gasteiger partial charge in [0.2, 0.25) is 0 Å². The average Bonchev–Trinajstić information content (AvgIpc) is 2.53. The molecule has 0 spiro atoms. The van der Waals surface area contributed by atoms with Crippen molar-refractivity contribution in [3.63, 3.8) is 0 Å². The number of para-hydroxylation sites is 2. The van der Waals surface area contributed by atoms with Crippen LogP contribution in [0.5, 0.6) is 0 Å². The second kappa shape index (κ2) is 4.17. The zero-order valence-corrected chi connectivity index (χ0v) is 9.67. The first-order chi connectivity index (χ1) is 8.81. The van der Waals surface area contributed by atoms with E-state index in [2.05, 4.69) is 11.4 Å². The van der Waals surface area contributed by atoms with E-state index in [1.54, 1.807) is 0 Å². The van der Waals surface area contributed by atoms with Gasteiger partial charge < -0.3 is 10.4 Å². The van der Waals surface area contributed by atoms with Gasteiger partial charge in [-0.2, -0.15) is 5.26 Å². The molecule has 0 saturated heterocycles. The summed E-state index contributed by atoms with van der Waals surface area (Å²) in [6.45, 7) is 0. The third-order valence-electron chi connectivity index (χ3n) is 3.30. The van der Waals surface area contributed by atoms with Crippen LogP contribution in [-0.4, -0.2) is 5.11 Å². The number of rotatable bonds is 0. The molecule has 3 rings (SSSR count). The van der Waals surface area contributed by atoms with Crippen molar-refractivity contribution in [2.75, 3.05) is 5.32 Å². The van der Waals surface area contributed by atoms with E-state index in [1.165, 1.54) is 0 Å². The van der Waals surface area contributed by atoms with Crippen LogP contribution in [-0.2, 0) is 0 Å². The normalized spacial score (nSPS) is 20.9. The second-order valence-corrected chi connectivity index (χ2v) is 4.35. The molecular formula is C15H12N2O. The van der Waals surface area contributed by atoms with Crippen molar-refractivity contribution in [3.8, 4) is 6.07 Å². The molecule has 1 aliphatic heterocycles. The molecule has 0 saturated carbocycles. The Morgan fingerprint density at radius 1 is 0.944 bits per heavy atom. The number of aliphatic hydroxyl groups excluding tert-OH is 1. The van der Waals surface area contributed by atoms with Gasteiger partial charge in [0, 0.05) is 16.9 Å². The van der Waals surface area contributed by atoms with Gasteiger partial charge in [0.25, 0.3) is 0 Å². The number of anilines is 2. The lowest BCUT2D eigenvalue weighted by molar-refractivity contribution is 0.166. The maximum Gasteiger partial charge on any atom is 0.103 e. The molecule has 0 fully saturated rings. The zero-order valence-electron chi connectivity index (χ0n) is 9.67. The fraction of sp³-hybridized carbons (Fsp3) is 0.133. The summed E-state index contributed by atoms with van der Waals surface area (Å²) >= 11 is 0. The Morgan fingerprint density at radius 3 is 2.17 bits per heavy atom. The molecule has 0 aliphatic carbocycles. The lowest BCUT2D eigenvalue weighted by Crippen LogP contribution is -2.07. The lowest BCUT2D eigenvalue weighted by Gasteiger charge is -2.15. The van der Waals surface area contributed by atoms with Gasteiger partial charge in [-0.05, 0) is 17.7 Å². The van der Waals surface area contributed by atoms with Crippen molar-refractivity contribution in [3.05, 3.63) is 59.7 Å². The van der Waals surface area contributed by atoms with Crippen LogP contribution in [0.15, 0.2) is 48.5 Å². The summed E-state index contributed by atoms with van der Waals surface area (Å²) in [5.74, 6) is -0.544. The molecule has 88 valence electrons. The Hall–Kier alpha value is -2.31. The van der Waals surface area contributed by atoms with E-state index in [0.717, 1.165) is 22.5 Å². The zero-order chi connectivity index (χ0) is 12.5. The minimum absolute atomic E-state index is 0.544. The van der Waals surface area contributed by atoms with E-state index in [9.17, 15) is 10.4 Å². The molecule has 0 amide bonds. The molecule has 2 N–H and O–H groups in total. The van der Waals surface area contributed by atoms with Crippen molar-refractivity contribution >= 4 is 11.4 Å². The molecule has 2 aromatic carbocycles. The number of fused-ring (bicyclic) bond motifs is 2. The molecule has 3 nitrogen and oxygen atoms in total. The SMILES string of the molecule is N#CC1c2ccccc2Nc2ccccc2C1O. The highest BCUT2D eigenvalue weighted by Crippen LogP contribution is 2.41. The molecule has 1 aliphatic rings. The highest BCUT2D eigenvalue weighted by Gasteiger charge is 2.29. The van der Waals surface area contributed by atoms with E-state index in [1.807, 2.05) is 48.5 Å². The Labute approximate surface area is 105 Å². The van der Waals surface area contributed by atoms with Gasteiger partial charge in [-0.3, -0.25) is 0 Å². The Balaban J connectivity index is 2.24. The third-order valence-corrected chi connectivity index (χ3v) is 3.30. The summed E-state index contributed by atoms with van der Waals surface area (Å²) in [6, 6.07) is 17.3. The number of hydrogen-bond acceptors (Lipinski definition) is 3. The van der Waals surface area contributed by atoms with Crippen molar-refractivity contribution in [1.29, 1.82) is 5.26 Å². The predicted molar refractivity (Wildman–Crippen MR) is 69.5 cm³/mol. The molecule has 2 aromatic rings. The second-order valence-electron chi connectivity index (χ2n) is 4.35. The minimum Gasteiger partial charge on any atom is -0.387 e. The van der Waals surface area contributed by atoms with Crippen LogP contribution in [0.1, 0.15) is 23.1 Å². The summed E-state index contributed by atoms with van der Waals surface area (Å²) in [5.41, 5.74) is 3.34. The van der Waals surface area contributed by atoms with Crippen LogP contribution in [0.2, 0.25) is 0 Å². The maximum absolute atomic E-state index is 10.4. The first-order valence-electron chi connectivity index (χ1n) is 5.84. The number of nitrogens with one attached hydrogen (secondary N) is 1. The van der Waals surface area contributed by atoms with E-state index < -0.39 is 12.0 Å². The van der Waals surface area contributed by atoms with E-state index in [4.69, 9.17) is 0 Å². The largest absolute Gasteiger partial charge is 0.387 e. The summed E-state index contributed by atoms with van der Waals surface area (Å²) in [7, 11) is 0. The van der Waals surface area contributed by atoms with Crippen LogP contribution < -0.4 is 5.32 Å². The quantitative estimate of drug-likeness (QED) is 0.739. The Kier molecular flexibility index (Phi) is 2.51. The Bertz CT molecular complexity index is 630. The van der Waals surface area contributed by atoms with E-state index in [-0.39, 0.29) is 0 Å². The standard InChI is InChI=1S/C15H12N2O/c16-9-12-10-5-1-3-7-13(10)17-14-8-4-2-6-11(14)15(12)18/h1-8,12,15,17-18H. The van der Waals surface area contributed by atoms with Gasteiger partial charge in [0.1, 0.15) is 12.0 Å². The van der Waals surface area contributed by atoms with Gasteiger partial charge in [-0.25, -0.2) is 0 Å². The summed E-state index contributed by atoms with van der Waals surface area (Å²) in [6.07, 6.45) is -0.803. The van der Waals surface area contributed by atoms with Crippen LogP contribution in [0.3, 0.4) is 0 Å². The first-order valence-corrected chi connectivity index (χ1v) is 5.84. The molecule has 0 radical (unpaired) electrons. The van der Waals surface area contributed by atoms with E-state index in [0.29, 0.717) is 0 Å². The summed E-state index contributed by atoms with van der Waals surface area (Å²) < 4.78 is 0. The highest BCUT2D eigenvalue weighted by molar-refractivity contribution is 5.70. The van der Waals surface area contributed by atoms with Crippen LogP contribution in [0, 0.1) is 11.3 Å². The van der Waals surface area contributed by atoms with Gasteiger partial charge in [0.15, 0.2) is 0 Å². The fourth-order valence-electron chi connectivity index (χ4n) is 2.39. The van der Waals surface area contributed by atoms with Gasteiger partial charge in [-0.1, -0.05) is 36.4 Å². The van der Waals surface area contributed by atoms with Crippen molar-refractivity contribution < 1.29 is 5.11 Å². The average molecular weight is 236 g/mol. The van der Waals surface area contributed by atoms with Crippen molar-refractivity contribution in [1.82, 2.24) is 0 Å². The first kappa shape index (κ1) is 10.8. The van der Waals surface area contributed by atoms with Gasteiger partial charge in [0.05, 0.1) is 6.07 Å². The highest BCUT2D eigenvalue weighted by atomic mass is 16.3. The topological polar surface area (TPSA) is 56.0 Å². The smallest absolute Gasteiger partial charge is 0.103 e. The fourth-order valence-corrected chi connectivity index (χ4v) is 2.39. The van der Waals surface area contributed by atoms with Gasteiger partial charge in [-0.15, -0.1) is 0 Å². The predicted octanol–water partition coefficient (Wildman–Crippen LogP) is 3.08. The molecule has 2 unspecified atom stereocenters. The Morgan fingerprint density at radius 2 is 1.50 bits per heavy atom. The lowest BCUT2D eigenvalue weighted by atomic mass is 9.90. The molecule has 18 heavy (non-hydrogen) atoms. The summed E-state index contributed by atoms with van der Waals surface area (Å²) in [4.78, 5) is 0. The summed E-state index contributed by atoms with van der Waals surface area (Å²) in [5, 5.41) is 23.0. The molecule has 3 heteroatoms. The van der Waals surface area contributed by atoms with Crippen LogP contribution in [0.25, 0.3) is 0 Å². The third kappa shape index (κ3) is 1.55. The number of nitriles is 1. The van der Waals surface area contributed by atoms with E-state index >= 15 is 0 Å². The number of nitrogens with zero attached hydrogens (tertiary/aromatic N) is 1. The minimum atomic E-state index is -0.803. The molecular weight excluding hydrogens is 224 g/mol. The molecule has 1 heterocycles. The monoisotopic (exact) mass is 236 g/mol. The van der Waals surface area contributed by atoms with Crippen molar-refractivity contribution in [2.24, 2.45) is 0 Å². The molecule has 0 bridgehead atoms. The number of aliphatic hydroxyl groups is 1. The molecule has 2 atom stereocenters. The van der Waals surface area contributed by atoms with Crippen molar-refractivity contribution in [2.45, 2.75) is 12.0 Å².